The van der Waals surface area contributed by atoms with E-state index in [-0.39, 0.29) is 0 Å². The second-order valence-electron chi connectivity index (χ2n) is 4.11. The number of amidine groups is 1. The Labute approximate surface area is 115 Å². The Morgan fingerprint density at radius 2 is 2.00 bits per heavy atom. The maximum absolute atomic E-state index is 6.03. The second kappa shape index (κ2) is 4.30. The normalized spacial score (nSPS) is 15.4. The average molecular weight is 278 g/mol. The van der Waals surface area contributed by atoms with Crippen LogP contribution in [0, 0.1) is 6.92 Å². The van der Waals surface area contributed by atoms with E-state index in [1.165, 1.54) is 4.88 Å². The number of aliphatic imine (C=N–C) groups is 1. The van der Waals surface area contributed by atoms with E-state index in [9.17, 15) is 0 Å². The lowest BCUT2D eigenvalue weighted by Gasteiger charge is -2.09. The third-order valence-corrected chi connectivity index (χ3v) is 4.02. The van der Waals surface area contributed by atoms with Crippen molar-refractivity contribution in [1.29, 1.82) is 0 Å². The lowest BCUT2D eigenvalue weighted by Crippen LogP contribution is -2.11. The zero-order valence-corrected chi connectivity index (χ0v) is 11.6. The number of hydrogen-bond acceptors (Lipinski definition) is 3. The zero-order chi connectivity index (χ0) is 12.7. The highest BCUT2D eigenvalue weighted by Crippen LogP contribution is 2.38. The molecular weight excluding hydrogens is 266 g/mol. The molecule has 0 spiro atoms. The number of aryl methyl sites for hydroxylation is 1. The van der Waals surface area contributed by atoms with Gasteiger partial charge in [0.2, 0.25) is 0 Å². The van der Waals surface area contributed by atoms with Gasteiger partial charge >= 0.3 is 0 Å². The van der Waals surface area contributed by atoms with Gasteiger partial charge in [-0.15, -0.1) is 11.3 Å². The molecule has 18 heavy (non-hydrogen) atoms. The van der Waals surface area contributed by atoms with E-state index in [4.69, 9.17) is 11.6 Å². The van der Waals surface area contributed by atoms with Gasteiger partial charge in [0.25, 0.3) is 0 Å². The maximum atomic E-state index is 6.03. The van der Waals surface area contributed by atoms with Crippen LogP contribution in [0.15, 0.2) is 29.3 Å². The third kappa shape index (κ3) is 1.87. The van der Waals surface area contributed by atoms with Gasteiger partial charge in [0.05, 0.1) is 16.9 Å². The highest BCUT2D eigenvalue weighted by molar-refractivity contribution is 7.16. The third-order valence-electron chi connectivity index (χ3n) is 2.82. The molecule has 1 aliphatic rings. The molecule has 0 bridgehead atoms. The number of anilines is 3. The van der Waals surface area contributed by atoms with E-state index in [2.05, 4.69) is 28.6 Å². The van der Waals surface area contributed by atoms with Crippen LogP contribution >= 0.6 is 22.9 Å². The first-order valence-corrected chi connectivity index (χ1v) is 6.78. The first kappa shape index (κ1) is 11.6. The van der Waals surface area contributed by atoms with Gasteiger partial charge in [0, 0.05) is 16.9 Å². The molecule has 0 amide bonds. The number of thiophene rings is 1. The predicted octanol–water partition coefficient (Wildman–Crippen LogP) is 4.26. The molecule has 0 aliphatic carbocycles. The minimum atomic E-state index is 0.708. The zero-order valence-electron chi connectivity index (χ0n) is 10.0. The Morgan fingerprint density at radius 3 is 2.78 bits per heavy atom. The van der Waals surface area contributed by atoms with Gasteiger partial charge in [0.15, 0.2) is 0 Å². The van der Waals surface area contributed by atoms with Gasteiger partial charge in [-0.3, -0.25) is 4.99 Å². The van der Waals surface area contributed by atoms with Crippen LogP contribution in [0.25, 0.3) is 0 Å². The Bertz CT molecular complexity index is 646. The Hall–Kier alpha value is -1.52. The predicted molar refractivity (Wildman–Crippen MR) is 79.9 cm³/mol. The van der Waals surface area contributed by atoms with Crippen LogP contribution in [-0.2, 0) is 0 Å². The van der Waals surface area contributed by atoms with Crippen molar-refractivity contribution in [2.24, 2.45) is 4.99 Å². The molecule has 0 atom stereocenters. The first-order valence-electron chi connectivity index (χ1n) is 5.58. The van der Waals surface area contributed by atoms with Crippen molar-refractivity contribution < 1.29 is 0 Å². The van der Waals surface area contributed by atoms with Gasteiger partial charge in [0.1, 0.15) is 10.8 Å². The number of benzene rings is 1. The number of hydrogen-bond donors (Lipinski definition) is 2. The lowest BCUT2D eigenvalue weighted by molar-refractivity contribution is 1.42. The highest BCUT2D eigenvalue weighted by atomic mass is 35.5. The summed E-state index contributed by atoms with van der Waals surface area (Å²) in [7, 11) is 1.79. The van der Waals surface area contributed by atoms with Crippen molar-refractivity contribution in [2.45, 2.75) is 6.92 Å². The molecule has 92 valence electrons. The lowest BCUT2D eigenvalue weighted by atomic mass is 10.2. The van der Waals surface area contributed by atoms with Crippen LogP contribution in [0.4, 0.5) is 16.4 Å². The van der Waals surface area contributed by atoms with Crippen molar-refractivity contribution in [2.75, 3.05) is 17.7 Å². The van der Waals surface area contributed by atoms with Gasteiger partial charge in [-0.05, 0) is 31.2 Å². The molecule has 1 aliphatic heterocycles. The molecule has 2 N–H and O–H groups in total. The van der Waals surface area contributed by atoms with E-state index >= 15 is 0 Å². The van der Waals surface area contributed by atoms with Crippen LogP contribution in [-0.4, -0.2) is 12.9 Å². The van der Waals surface area contributed by atoms with Crippen LogP contribution in [0.3, 0.4) is 0 Å². The summed E-state index contributed by atoms with van der Waals surface area (Å²) in [5, 5.41) is 8.58. The summed E-state index contributed by atoms with van der Waals surface area (Å²) in [6.45, 7) is 2.09. The summed E-state index contributed by atoms with van der Waals surface area (Å²) in [5.41, 5.74) is 3.07. The Balaban J connectivity index is 2.18. The standard InChI is InChI=1S/C13H12ClN3S/c1-7-5-9-12(15-2)16-11-6-8(14)3-4-10(11)17-13(9)18-7/h3-6,17H,1-2H3,(H,15,16). The van der Waals surface area contributed by atoms with E-state index < -0.39 is 0 Å². The number of nitrogens with zero attached hydrogens (tertiary/aromatic N) is 1. The summed E-state index contributed by atoms with van der Waals surface area (Å²) in [4.78, 5) is 5.58. The van der Waals surface area contributed by atoms with Gasteiger partial charge < -0.3 is 10.6 Å². The molecule has 3 nitrogen and oxygen atoms in total. The molecule has 0 fully saturated rings. The summed E-state index contributed by atoms with van der Waals surface area (Å²) >= 11 is 7.75. The molecule has 1 aromatic carbocycles. The van der Waals surface area contributed by atoms with E-state index in [0.717, 1.165) is 27.8 Å². The molecule has 1 aromatic heterocycles. The quantitative estimate of drug-likeness (QED) is 0.755. The molecule has 0 unspecified atom stereocenters. The summed E-state index contributed by atoms with van der Waals surface area (Å²) in [6.07, 6.45) is 0. The van der Waals surface area contributed by atoms with Crippen molar-refractivity contribution in [3.8, 4) is 0 Å². The molecule has 0 radical (unpaired) electrons. The van der Waals surface area contributed by atoms with Gasteiger partial charge in [-0.25, -0.2) is 0 Å². The average Bonchev–Trinajstić information content (AvgIpc) is 2.63. The van der Waals surface area contributed by atoms with Crippen LogP contribution < -0.4 is 10.6 Å². The van der Waals surface area contributed by atoms with Crippen LogP contribution in [0.2, 0.25) is 5.02 Å². The topological polar surface area (TPSA) is 36.4 Å². The highest BCUT2D eigenvalue weighted by Gasteiger charge is 2.19. The monoisotopic (exact) mass is 277 g/mol. The molecule has 2 heterocycles. The molecule has 0 saturated heterocycles. The largest absolute Gasteiger partial charge is 0.345 e. The van der Waals surface area contributed by atoms with Gasteiger partial charge in [-0.2, -0.15) is 0 Å². The summed E-state index contributed by atoms with van der Waals surface area (Å²) < 4.78 is 0. The number of rotatable bonds is 0. The van der Waals surface area contributed by atoms with Crippen molar-refractivity contribution in [3.63, 3.8) is 0 Å². The van der Waals surface area contributed by atoms with E-state index in [0.29, 0.717) is 5.02 Å². The molecule has 5 heteroatoms. The number of halogens is 1. The molecular formula is C13H12ClN3S. The van der Waals surface area contributed by atoms with E-state index in [1.54, 1.807) is 18.4 Å². The fourth-order valence-electron chi connectivity index (χ4n) is 2.01. The Morgan fingerprint density at radius 1 is 1.17 bits per heavy atom. The first-order chi connectivity index (χ1) is 8.67. The second-order valence-corrected chi connectivity index (χ2v) is 5.80. The van der Waals surface area contributed by atoms with Crippen molar-refractivity contribution in [3.05, 3.63) is 39.7 Å². The fraction of sp³-hybridized carbons (Fsp3) is 0.154. The fourth-order valence-corrected chi connectivity index (χ4v) is 3.10. The van der Waals surface area contributed by atoms with Crippen LogP contribution in [0.1, 0.15) is 10.4 Å². The van der Waals surface area contributed by atoms with Crippen molar-refractivity contribution in [1.82, 2.24) is 0 Å². The minimum absolute atomic E-state index is 0.708. The SMILES string of the molecule is CN=C1Nc2cc(Cl)ccc2Nc2sc(C)cc21. The maximum Gasteiger partial charge on any atom is 0.135 e. The Kier molecular flexibility index (Phi) is 2.76. The minimum Gasteiger partial charge on any atom is -0.345 e. The number of fused-ring (bicyclic) bond motifs is 2. The summed E-state index contributed by atoms with van der Waals surface area (Å²) in [5.74, 6) is 0.864. The van der Waals surface area contributed by atoms with Crippen LogP contribution in [0.5, 0.6) is 0 Å². The van der Waals surface area contributed by atoms with Crippen molar-refractivity contribution >= 4 is 45.1 Å². The smallest absolute Gasteiger partial charge is 0.135 e. The van der Waals surface area contributed by atoms with E-state index in [1.807, 2.05) is 18.2 Å². The summed E-state index contributed by atoms with van der Waals surface area (Å²) in [6, 6.07) is 7.89. The molecule has 3 rings (SSSR count). The molecule has 2 aromatic rings. The number of nitrogens with one attached hydrogen (secondary N) is 2. The van der Waals surface area contributed by atoms with Gasteiger partial charge in [-0.1, -0.05) is 11.6 Å². The molecule has 0 saturated carbocycles.